The van der Waals surface area contributed by atoms with Gasteiger partial charge in [-0.15, -0.1) is 0 Å². The number of carbonyl (C=O) groups is 2. The molecular weight excluding hydrogens is 261 g/mol. The van der Waals surface area contributed by atoms with Crippen LogP contribution in [0.4, 0.5) is 9.18 Å². The zero-order valence-corrected chi connectivity index (χ0v) is 12.4. The van der Waals surface area contributed by atoms with E-state index in [1.807, 2.05) is 0 Å². The highest BCUT2D eigenvalue weighted by molar-refractivity contribution is 6.01. The maximum absolute atomic E-state index is 13.1. The van der Waals surface area contributed by atoms with E-state index in [1.165, 1.54) is 30.1 Å². The molecule has 0 aliphatic heterocycles. The molecule has 4 nitrogen and oxygen atoms in total. The first kappa shape index (κ1) is 16.1. The van der Waals surface area contributed by atoms with Crippen LogP contribution in [0.3, 0.4) is 0 Å². The smallest absolute Gasteiger partial charge is 0.410 e. The van der Waals surface area contributed by atoms with Crippen LogP contribution in [0, 0.1) is 5.82 Å². The van der Waals surface area contributed by atoms with Crippen molar-refractivity contribution in [2.45, 2.75) is 39.3 Å². The van der Waals surface area contributed by atoms with Gasteiger partial charge in [-0.05, 0) is 39.8 Å². The summed E-state index contributed by atoms with van der Waals surface area (Å²) in [4.78, 5) is 25.3. The van der Waals surface area contributed by atoms with Crippen LogP contribution >= 0.6 is 0 Å². The third-order valence-corrected chi connectivity index (χ3v) is 2.75. The van der Waals surface area contributed by atoms with Crippen molar-refractivity contribution in [3.05, 3.63) is 35.6 Å². The van der Waals surface area contributed by atoms with Gasteiger partial charge in [0.05, 0.1) is 6.04 Å². The summed E-state index contributed by atoms with van der Waals surface area (Å²) in [5.74, 6) is -0.819. The number of Topliss-reactive ketones (excluding diaryl/α,β-unsaturated/α-hetero) is 1. The Bertz CT molecular complexity index is 508. The van der Waals surface area contributed by atoms with Crippen molar-refractivity contribution in [1.82, 2.24) is 4.90 Å². The van der Waals surface area contributed by atoms with Gasteiger partial charge in [-0.3, -0.25) is 4.79 Å². The lowest BCUT2D eigenvalue weighted by Gasteiger charge is -2.28. The topological polar surface area (TPSA) is 46.6 Å². The van der Waals surface area contributed by atoms with E-state index in [0.29, 0.717) is 0 Å². The Balaban J connectivity index is 2.81. The van der Waals surface area contributed by atoms with Crippen LogP contribution < -0.4 is 0 Å². The average Bonchev–Trinajstić information content (AvgIpc) is 2.34. The van der Waals surface area contributed by atoms with Crippen LogP contribution in [-0.4, -0.2) is 35.5 Å². The minimum Gasteiger partial charge on any atom is -0.444 e. The molecular formula is C15H20FNO3. The molecule has 1 atom stereocenters. The summed E-state index contributed by atoms with van der Waals surface area (Å²) in [7, 11) is 1.48. The van der Waals surface area contributed by atoms with E-state index in [2.05, 4.69) is 0 Å². The van der Waals surface area contributed by atoms with Gasteiger partial charge in [0.25, 0.3) is 0 Å². The summed E-state index contributed by atoms with van der Waals surface area (Å²) in [6, 6.07) is 4.67. The highest BCUT2D eigenvalue weighted by Crippen LogP contribution is 2.14. The molecule has 0 spiro atoms. The van der Waals surface area contributed by atoms with Crippen molar-refractivity contribution in [3.63, 3.8) is 0 Å². The fourth-order valence-corrected chi connectivity index (χ4v) is 1.55. The maximum atomic E-state index is 13.1. The van der Waals surface area contributed by atoms with Crippen molar-refractivity contribution in [1.29, 1.82) is 0 Å². The molecule has 0 aliphatic rings. The molecule has 0 saturated carbocycles. The first-order chi connectivity index (χ1) is 9.11. The molecule has 1 rings (SSSR count). The van der Waals surface area contributed by atoms with Crippen molar-refractivity contribution < 1.29 is 18.7 Å². The predicted molar refractivity (Wildman–Crippen MR) is 74.2 cm³/mol. The monoisotopic (exact) mass is 281 g/mol. The lowest BCUT2D eigenvalue weighted by Crippen LogP contribution is -2.43. The summed E-state index contributed by atoms with van der Waals surface area (Å²) in [5.41, 5.74) is -0.402. The van der Waals surface area contributed by atoms with Gasteiger partial charge in [0.2, 0.25) is 0 Å². The van der Waals surface area contributed by atoms with Gasteiger partial charge in [0.1, 0.15) is 11.4 Å². The number of halogens is 1. The van der Waals surface area contributed by atoms with Crippen molar-refractivity contribution >= 4 is 11.9 Å². The summed E-state index contributed by atoms with van der Waals surface area (Å²) in [6.07, 6.45) is -0.588. The van der Waals surface area contributed by atoms with Gasteiger partial charge in [-0.1, -0.05) is 12.1 Å². The molecule has 1 amide bonds. The number of likely N-dealkylation sites (N-methyl/N-ethyl adjacent to an activating group) is 1. The average molecular weight is 281 g/mol. The van der Waals surface area contributed by atoms with E-state index >= 15 is 0 Å². The zero-order valence-electron chi connectivity index (χ0n) is 12.4. The standard InChI is InChI=1S/C15H20FNO3/c1-10(17(5)14(19)20-15(2,3)4)13(18)11-7-6-8-12(16)9-11/h6-10H,1-5H3. The third-order valence-electron chi connectivity index (χ3n) is 2.75. The van der Waals surface area contributed by atoms with Crippen LogP contribution in [0.5, 0.6) is 0 Å². The van der Waals surface area contributed by atoms with Crippen LogP contribution in [0.25, 0.3) is 0 Å². The van der Waals surface area contributed by atoms with Crippen molar-refractivity contribution in [2.24, 2.45) is 0 Å². The first-order valence-electron chi connectivity index (χ1n) is 6.37. The Morgan fingerprint density at radius 1 is 1.30 bits per heavy atom. The number of amides is 1. The van der Waals surface area contributed by atoms with Crippen LogP contribution in [0.1, 0.15) is 38.1 Å². The van der Waals surface area contributed by atoms with Gasteiger partial charge in [-0.2, -0.15) is 0 Å². The third kappa shape index (κ3) is 4.33. The fraction of sp³-hybridized carbons (Fsp3) is 0.467. The molecule has 20 heavy (non-hydrogen) atoms. The SMILES string of the molecule is CC(C(=O)c1cccc(F)c1)N(C)C(=O)OC(C)(C)C. The minimum atomic E-state index is -0.730. The lowest BCUT2D eigenvalue weighted by molar-refractivity contribution is 0.0231. The summed E-state index contributed by atoms with van der Waals surface area (Å²) >= 11 is 0. The quantitative estimate of drug-likeness (QED) is 0.799. The number of hydrogen-bond acceptors (Lipinski definition) is 3. The molecule has 5 heteroatoms. The summed E-state index contributed by atoms with van der Waals surface area (Å²) in [5, 5.41) is 0. The number of hydrogen-bond donors (Lipinski definition) is 0. The molecule has 0 aliphatic carbocycles. The molecule has 0 fully saturated rings. The molecule has 0 heterocycles. The molecule has 0 saturated heterocycles. The number of rotatable bonds is 3. The summed E-state index contributed by atoms with van der Waals surface area (Å²) in [6.45, 7) is 6.82. The Morgan fingerprint density at radius 3 is 2.40 bits per heavy atom. The van der Waals surface area contributed by atoms with Gasteiger partial charge in [0.15, 0.2) is 5.78 Å². The van der Waals surface area contributed by atoms with E-state index in [1.54, 1.807) is 27.7 Å². The molecule has 1 unspecified atom stereocenters. The molecule has 1 aromatic carbocycles. The second-order valence-electron chi connectivity index (χ2n) is 5.64. The number of nitrogens with zero attached hydrogens (tertiary/aromatic N) is 1. The number of ether oxygens (including phenoxy) is 1. The largest absolute Gasteiger partial charge is 0.444 e. The summed E-state index contributed by atoms with van der Waals surface area (Å²) < 4.78 is 18.3. The van der Waals surface area contributed by atoms with Crippen molar-refractivity contribution in [2.75, 3.05) is 7.05 Å². The zero-order chi connectivity index (χ0) is 15.5. The Labute approximate surface area is 118 Å². The molecule has 0 radical (unpaired) electrons. The highest BCUT2D eigenvalue weighted by Gasteiger charge is 2.27. The van der Waals surface area contributed by atoms with Gasteiger partial charge >= 0.3 is 6.09 Å². The molecule has 110 valence electrons. The predicted octanol–water partition coefficient (Wildman–Crippen LogP) is 3.26. The normalized spacial score (nSPS) is 12.7. The van der Waals surface area contributed by atoms with Crippen LogP contribution in [-0.2, 0) is 4.74 Å². The molecule has 0 N–H and O–H groups in total. The van der Waals surface area contributed by atoms with Gasteiger partial charge in [-0.25, -0.2) is 9.18 Å². The van der Waals surface area contributed by atoms with Crippen LogP contribution in [0.15, 0.2) is 24.3 Å². The van der Waals surface area contributed by atoms with Crippen molar-refractivity contribution in [3.8, 4) is 0 Å². The molecule has 0 bridgehead atoms. The van der Waals surface area contributed by atoms with Gasteiger partial charge < -0.3 is 9.64 Å². The number of ketones is 1. The lowest BCUT2D eigenvalue weighted by atomic mass is 10.0. The fourth-order valence-electron chi connectivity index (χ4n) is 1.55. The van der Waals surface area contributed by atoms with E-state index in [-0.39, 0.29) is 11.3 Å². The minimum absolute atomic E-state index is 0.230. The first-order valence-corrected chi connectivity index (χ1v) is 6.37. The Hall–Kier alpha value is -1.91. The van der Waals surface area contributed by atoms with E-state index in [0.717, 1.165) is 6.07 Å². The van der Waals surface area contributed by atoms with Crippen LogP contribution in [0.2, 0.25) is 0 Å². The van der Waals surface area contributed by atoms with Gasteiger partial charge in [0, 0.05) is 12.6 Å². The Morgan fingerprint density at radius 2 is 1.90 bits per heavy atom. The van der Waals surface area contributed by atoms with E-state index < -0.39 is 23.6 Å². The molecule has 0 aromatic heterocycles. The molecule has 1 aromatic rings. The van der Waals surface area contributed by atoms with E-state index in [4.69, 9.17) is 4.74 Å². The number of carbonyl (C=O) groups excluding carboxylic acids is 2. The maximum Gasteiger partial charge on any atom is 0.410 e. The Kier molecular flexibility index (Phi) is 4.87. The second kappa shape index (κ2) is 6.03. The number of benzene rings is 1. The second-order valence-corrected chi connectivity index (χ2v) is 5.64. The van der Waals surface area contributed by atoms with E-state index in [9.17, 15) is 14.0 Å². The highest BCUT2D eigenvalue weighted by atomic mass is 19.1.